The van der Waals surface area contributed by atoms with E-state index in [1.807, 2.05) is 31.2 Å². The van der Waals surface area contributed by atoms with Gasteiger partial charge in [-0.05, 0) is 19.1 Å². The molecule has 0 unspecified atom stereocenters. The van der Waals surface area contributed by atoms with E-state index in [1.54, 1.807) is 6.07 Å². The van der Waals surface area contributed by atoms with Gasteiger partial charge in [-0.25, -0.2) is 0 Å². The lowest BCUT2D eigenvalue weighted by Gasteiger charge is -2.05. The highest BCUT2D eigenvalue weighted by Crippen LogP contribution is 2.23. The van der Waals surface area contributed by atoms with Gasteiger partial charge in [0.25, 0.3) is 5.88 Å². The summed E-state index contributed by atoms with van der Waals surface area (Å²) in [4.78, 5) is 0. The van der Waals surface area contributed by atoms with Crippen LogP contribution in [0.2, 0.25) is 0 Å². The van der Waals surface area contributed by atoms with Crippen molar-refractivity contribution < 1.29 is 4.74 Å². The van der Waals surface area contributed by atoms with Gasteiger partial charge in [-0.15, -0.1) is 10.2 Å². The molecule has 0 atom stereocenters. The Morgan fingerprint density at radius 3 is 2.62 bits per heavy atom. The second-order valence-electron chi connectivity index (χ2n) is 3.56. The maximum absolute atomic E-state index is 5.78. The Morgan fingerprint density at radius 2 is 2.00 bits per heavy atom. The highest BCUT2D eigenvalue weighted by atomic mass is 16.5. The first-order valence-electron chi connectivity index (χ1n) is 4.95. The second-order valence-corrected chi connectivity index (χ2v) is 3.56. The normalized spacial score (nSPS) is 10.1. The average molecular weight is 215 g/mol. The molecule has 2 N–H and O–H groups in total. The Balaban J connectivity index is 2.45. The number of ether oxygens (including phenoxy) is 1. The van der Waals surface area contributed by atoms with Crippen LogP contribution in [-0.4, -0.2) is 17.3 Å². The zero-order chi connectivity index (χ0) is 11.5. The van der Waals surface area contributed by atoms with Gasteiger partial charge in [-0.2, -0.15) is 0 Å². The third kappa shape index (κ3) is 1.95. The molecule has 0 radical (unpaired) electrons. The van der Waals surface area contributed by atoms with E-state index in [4.69, 9.17) is 10.5 Å². The third-order valence-corrected chi connectivity index (χ3v) is 2.29. The van der Waals surface area contributed by atoms with Crippen LogP contribution < -0.4 is 10.5 Å². The van der Waals surface area contributed by atoms with Gasteiger partial charge in [-0.3, -0.25) is 0 Å². The van der Waals surface area contributed by atoms with Crippen LogP contribution in [0.1, 0.15) is 5.56 Å². The molecule has 1 aromatic carbocycles. The van der Waals surface area contributed by atoms with E-state index >= 15 is 0 Å². The number of hydrogen-bond donors (Lipinski definition) is 1. The van der Waals surface area contributed by atoms with Crippen molar-refractivity contribution in [3.63, 3.8) is 0 Å². The van der Waals surface area contributed by atoms with E-state index in [0.717, 1.165) is 11.3 Å². The number of aryl methyl sites for hydroxylation is 1. The maximum Gasteiger partial charge on any atom is 0.256 e. The van der Waals surface area contributed by atoms with Crippen molar-refractivity contribution in [3.8, 4) is 17.1 Å². The van der Waals surface area contributed by atoms with E-state index in [0.29, 0.717) is 11.6 Å². The molecule has 4 heteroatoms. The minimum absolute atomic E-state index is 0.358. The van der Waals surface area contributed by atoms with Crippen LogP contribution in [0.3, 0.4) is 0 Å². The summed E-state index contributed by atoms with van der Waals surface area (Å²) in [6.07, 6.45) is 0. The smallest absolute Gasteiger partial charge is 0.256 e. The van der Waals surface area contributed by atoms with Crippen LogP contribution in [-0.2, 0) is 0 Å². The molecule has 1 aromatic heterocycles. The zero-order valence-electron chi connectivity index (χ0n) is 9.27. The molecule has 2 aromatic rings. The Bertz CT molecular complexity index is 511. The highest BCUT2D eigenvalue weighted by molar-refractivity contribution is 5.65. The molecule has 0 aliphatic heterocycles. The third-order valence-electron chi connectivity index (χ3n) is 2.29. The van der Waals surface area contributed by atoms with Crippen LogP contribution in [0.25, 0.3) is 11.3 Å². The molecule has 1 heterocycles. The number of aromatic nitrogens is 2. The second kappa shape index (κ2) is 4.18. The monoisotopic (exact) mass is 215 g/mol. The lowest BCUT2D eigenvalue weighted by molar-refractivity contribution is 0.394. The van der Waals surface area contributed by atoms with Gasteiger partial charge in [-0.1, -0.05) is 23.8 Å². The fourth-order valence-electron chi connectivity index (χ4n) is 1.50. The molecule has 0 spiro atoms. The number of benzene rings is 1. The molecular formula is C12H13N3O. The largest absolute Gasteiger partial charge is 0.478 e. The number of nitrogens with two attached hydrogens (primary N) is 1. The number of methoxy groups -OCH3 is 1. The molecule has 0 saturated carbocycles. The van der Waals surface area contributed by atoms with Gasteiger partial charge < -0.3 is 10.5 Å². The van der Waals surface area contributed by atoms with Gasteiger partial charge in [0, 0.05) is 5.56 Å². The van der Waals surface area contributed by atoms with E-state index in [2.05, 4.69) is 10.2 Å². The van der Waals surface area contributed by atoms with Crippen LogP contribution in [0.15, 0.2) is 30.3 Å². The van der Waals surface area contributed by atoms with E-state index in [-0.39, 0.29) is 0 Å². The summed E-state index contributed by atoms with van der Waals surface area (Å²) >= 11 is 0. The molecule has 0 aliphatic rings. The molecule has 16 heavy (non-hydrogen) atoms. The van der Waals surface area contributed by atoms with Gasteiger partial charge in [0.1, 0.15) is 0 Å². The lowest BCUT2D eigenvalue weighted by atomic mass is 10.1. The predicted octanol–water partition coefficient (Wildman–Crippen LogP) is 2.04. The van der Waals surface area contributed by atoms with Crippen LogP contribution in [0.5, 0.6) is 5.88 Å². The molecule has 4 nitrogen and oxygen atoms in total. The van der Waals surface area contributed by atoms with Crippen molar-refractivity contribution in [1.82, 2.24) is 10.2 Å². The van der Waals surface area contributed by atoms with Crippen molar-refractivity contribution in [3.05, 3.63) is 35.9 Å². The molecule has 0 saturated heterocycles. The summed E-state index contributed by atoms with van der Waals surface area (Å²) in [5.74, 6) is 0.358. The van der Waals surface area contributed by atoms with Gasteiger partial charge >= 0.3 is 0 Å². The van der Waals surface area contributed by atoms with Gasteiger partial charge in [0.2, 0.25) is 0 Å². The number of rotatable bonds is 2. The SMILES string of the molecule is COc1nnc(-c2cccc(C)c2)cc1N. The molecule has 0 fully saturated rings. The molecule has 0 bridgehead atoms. The first-order chi connectivity index (χ1) is 7.70. The topological polar surface area (TPSA) is 61.0 Å². The Morgan fingerprint density at radius 1 is 1.19 bits per heavy atom. The average Bonchev–Trinajstić information content (AvgIpc) is 2.29. The van der Waals surface area contributed by atoms with E-state index in [9.17, 15) is 0 Å². The minimum atomic E-state index is 0.358. The Kier molecular flexibility index (Phi) is 2.72. The predicted molar refractivity (Wildman–Crippen MR) is 63.2 cm³/mol. The quantitative estimate of drug-likeness (QED) is 0.832. The summed E-state index contributed by atoms with van der Waals surface area (Å²) in [7, 11) is 1.52. The van der Waals surface area contributed by atoms with Crippen molar-refractivity contribution in [1.29, 1.82) is 0 Å². The van der Waals surface area contributed by atoms with Crippen molar-refractivity contribution in [2.45, 2.75) is 6.92 Å². The van der Waals surface area contributed by atoms with Gasteiger partial charge in [0.15, 0.2) is 0 Å². The van der Waals surface area contributed by atoms with E-state index in [1.165, 1.54) is 12.7 Å². The van der Waals surface area contributed by atoms with Crippen molar-refractivity contribution in [2.24, 2.45) is 0 Å². The van der Waals surface area contributed by atoms with Crippen LogP contribution in [0, 0.1) is 6.92 Å². The standard InChI is InChI=1S/C12H13N3O/c1-8-4-3-5-9(6-8)11-7-10(13)12(16-2)15-14-11/h3-7H,1-2H3,(H2,13,14). The van der Waals surface area contributed by atoms with Crippen LogP contribution in [0.4, 0.5) is 5.69 Å². The molecule has 0 amide bonds. The first kappa shape index (κ1) is 10.4. The van der Waals surface area contributed by atoms with E-state index < -0.39 is 0 Å². The zero-order valence-corrected chi connectivity index (χ0v) is 9.27. The van der Waals surface area contributed by atoms with Crippen molar-refractivity contribution in [2.75, 3.05) is 12.8 Å². The Labute approximate surface area is 94.1 Å². The fourth-order valence-corrected chi connectivity index (χ4v) is 1.50. The minimum Gasteiger partial charge on any atom is -0.478 e. The summed E-state index contributed by atoms with van der Waals surface area (Å²) in [6.45, 7) is 2.03. The number of anilines is 1. The summed E-state index contributed by atoms with van der Waals surface area (Å²) in [6, 6.07) is 9.79. The number of hydrogen-bond acceptors (Lipinski definition) is 4. The molecule has 2 rings (SSSR count). The van der Waals surface area contributed by atoms with Crippen molar-refractivity contribution >= 4 is 5.69 Å². The first-order valence-corrected chi connectivity index (χ1v) is 4.95. The number of nitrogens with zero attached hydrogens (tertiary/aromatic N) is 2. The highest BCUT2D eigenvalue weighted by Gasteiger charge is 2.05. The number of nitrogen functional groups attached to an aromatic ring is 1. The summed E-state index contributed by atoms with van der Waals surface area (Å²) < 4.78 is 4.96. The summed E-state index contributed by atoms with van der Waals surface area (Å²) in [5, 5.41) is 7.97. The van der Waals surface area contributed by atoms with Crippen LogP contribution >= 0.6 is 0 Å². The van der Waals surface area contributed by atoms with Gasteiger partial charge in [0.05, 0.1) is 18.5 Å². The maximum atomic E-state index is 5.78. The molecular weight excluding hydrogens is 202 g/mol. The summed E-state index contributed by atoms with van der Waals surface area (Å²) in [5.41, 5.74) is 9.20. The molecule has 82 valence electrons. The molecule has 0 aliphatic carbocycles. The Hall–Kier alpha value is -2.10. The lowest BCUT2D eigenvalue weighted by Crippen LogP contribution is -1.98. The fraction of sp³-hybridized carbons (Fsp3) is 0.167.